The van der Waals surface area contributed by atoms with Crippen LogP contribution in [-0.4, -0.2) is 21.3 Å². The molecule has 4 rings (SSSR count). The Labute approximate surface area is 162 Å². The molecule has 3 aromatic carbocycles. The van der Waals surface area contributed by atoms with Crippen LogP contribution >= 0.6 is 0 Å². The second kappa shape index (κ2) is 7.56. The first kappa shape index (κ1) is 17.8. The number of hydrogen-bond donors (Lipinski definition) is 2. The van der Waals surface area contributed by atoms with E-state index in [2.05, 4.69) is 39.4 Å². The number of carbonyl (C=O) groups excluding carboxylic acids is 1. The number of carbonyl (C=O) groups is 1. The Kier molecular flexibility index (Phi) is 4.81. The Bertz CT molecular complexity index is 1140. The first-order valence-electron chi connectivity index (χ1n) is 9.22. The van der Waals surface area contributed by atoms with Gasteiger partial charge in [-0.15, -0.1) is 0 Å². The molecule has 0 bridgehead atoms. The third kappa shape index (κ3) is 3.47. The Morgan fingerprint density at radius 3 is 2.25 bits per heavy atom. The fourth-order valence-electron chi connectivity index (χ4n) is 3.46. The highest BCUT2D eigenvalue weighted by atomic mass is 16.3. The molecular formula is C23H21N3O2. The number of rotatable bonds is 5. The topological polar surface area (TPSA) is 66.6 Å². The van der Waals surface area contributed by atoms with E-state index in [1.807, 2.05) is 30.3 Å². The summed E-state index contributed by atoms with van der Waals surface area (Å²) in [4.78, 5) is 12.3. The summed E-state index contributed by atoms with van der Waals surface area (Å²) in [6.07, 6.45) is 0.319. The highest BCUT2D eigenvalue weighted by molar-refractivity contribution is 6.08. The van der Waals surface area contributed by atoms with Gasteiger partial charge in [0.15, 0.2) is 0 Å². The van der Waals surface area contributed by atoms with E-state index in [9.17, 15) is 9.90 Å². The van der Waals surface area contributed by atoms with Crippen LogP contribution < -0.4 is 5.43 Å². The maximum Gasteiger partial charge on any atom is 0.241 e. The fourth-order valence-corrected chi connectivity index (χ4v) is 3.46. The minimum absolute atomic E-state index is 0.152. The summed E-state index contributed by atoms with van der Waals surface area (Å²) in [7, 11) is 0. The summed E-state index contributed by atoms with van der Waals surface area (Å²) in [6, 6.07) is 23.3. The molecular weight excluding hydrogens is 350 g/mol. The van der Waals surface area contributed by atoms with Gasteiger partial charge in [0.05, 0.1) is 5.71 Å². The number of aryl methyl sites for hydroxylation is 1. The number of aromatic hydroxyl groups is 1. The van der Waals surface area contributed by atoms with Crippen LogP contribution in [0.4, 0.5) is 0 Å². The molecule has 0 aliphatic carbocycles. The molecule has 0 aliphatic rings. The number of hydrogen-bond acceptors (Lipinski definition) is 3. The molecule has 0 fully saturated rings. The SMILES string of the molecule is CC(=NNC(=O)CCn1c2ccccc2c2ccccc21)c1cccc(O)c1. The Hall–Kier alpha value is -3.60. The first-order chi connectivity index (χ1) is 13.6. The summed E-state index contributed by atoms with van der Waals surface area (Å²) in [5.74, 6) is 0.0195. The molecule has 2 N–H and O–H groups in total. The Balaban J connectivity index is 1.50. The zero-order valence-corrected chi connectivity index (χ0v) is 15.6. The maximum atomic E-state index is 12.3. The molecule has 0 spiro atoms. The maximum absolute atomic E-state index is 12.3. The van der Waals surface area contributed by atoms with E-state index in [-0.39, 0.29) is 11.7 Å². The quantitative estimate of drug-likeness (QED) is 0.403. The van der Waals surface area contributed by atoms with Crippen LogP contribution in [0.2, 0.25) is 0 Å². The van der Waals surface area contributed by atoms with E-state index < -0.39 is 0 Å². The first-order valence-corrected chi connectivity index (χ1v) is 9.22. The number of amides is 1. The summed E-state index contributed by atoms with van der Waals surface area (Å²) in [5, 5.41) is 16.1. The number of nitrogens with zero attached hydrogens (tertiary/aromatic N) is 2. The van der Waals surface area contributed by atoms with Gasteiger partial charge in [-0.3, -0.25) is 4.79 Å². The molecule has 1 aromatic heterocycles. The van der Waals surface area contributed by atoms with Gasteiger partial charge in [-0.2, -0.15) is 5.10 Å². The number of benzene rings is 3. The molecule has 0 saturated heterocycles. The highest BCUT2D eigenvalue weighted by Crippen LogP contribution is 2.28. The van der Waals surface area contributed by atoms with Gasteiger partial charge in [0.25, 0.3) is 0 Å². The van der Waals surface area contributed by atoms with Gasteiger partial charge in [-0.1, -0.05) is 48.5 Å². The van der Waals surface area contributed by atoms with Gasteiger partial charge in [0.2, 0.25) is 5.91 Å². The molecule has 0 radical (unpaired) electrons. The van der Waals surface area contributed by atoms with Crippen LogP contribution in [0, 0.1) is 0 Å². The van der Waals surface area contributed by atoms with Crippen molar-refractivity contribution in [1.82, 2.24) is 9.99 Å². The van der Waals surface area contributed by atoms with Crippen LogP contribution in [0.15, 0.2) is 77.9 Å². The predicted octanol–water partition coefficient (Wildman–Crippen LogP) is 4.43. The molecule has 1 amide bonds. The van der Waals surface area contributed by atoms with Crippen molar-refractivity contribution in [2.24, 2.45) is 5.10 Å². The van der Waals surface area contributed by atoms with Gasteiger partial charge in [0.1, 0.15) is 5.75 Å². The second-order valence-corrected chi connectivity index (χ2v) is 6.72. The summed E-state index contributed by atoms with van der Waals surface area (Å²) in [6.45, 7) is 2.36. The highest BCUT2D eigenvalue weighted by Gasteiger charge is 2.11. The smallest absolute Gasteiger partial charge is 0.241 e. The molecule has 1 heterocycles. The van der Waals surface area contributed by atoms with E-state index in [1.165, 1.54) is 10.8 Å². The second-order valence-electron chi connectivity index (χ2n) is 6.72. The minimum atomic E-state index is -0.152. The van der Waals surface area contributed by atoms with Crippen molar-refractivity contribution in [2.75, 3.05) is 0 Å². The van der Waals surface area contributed by atoms with E-state index in [0.29, 0.717) is 18.7 Å². The lowest BCUT2D eigenvalue weighted by Crippen LogP contribution is -2.20. The van der Waals surface area contributed by atoms with Crippen molar-refractivity contribution in [3.05, 3.63) is 78.4 Å². The van der Waals surface area contributed by atoms with Gasteiger partial charge < -0.3 is 9.67 Å². The van der Waals surface area contributed by atoms with Crippen LogP contribution in [0.3, 0.4) is 0 Å². The van der Waals surface area contributed by atoms with Crippen LogP contribution in [-0.2, 0) is 11.3 Å². The molecule has 0 unspecified atom stereocenters. The van der Waals surface area contributed by atoms with Crippen molar-refractivity contribution in [3.8, 4) is 5.75 Å². The lowest BCUT2D eigenvalue weighted by atomic mass is 10.1. The number of nitrogens with one attached hydrogen (secondary N) is 1. The predicted molar refractivity (Wildman–Crippen MR) is 113 cm³/mol. The average molecular weight is 371 g/mol. The number of phenols is 1. The normalized spacial score (nSPS) is 11.8. The average Bonchev–Trinajstić information content (AvgIpc) is 3.04. The molecule has 0 saturated carbocycles. The fraction of sp³-hybridized carbons (Fsp3) is 0.130. The number of phenolic OH excluding ortho intramolecular Hbond substituents is 1. The largest absolute Gasteiger partial charge is 0.508 e. The number of para-hydroxylation sites is 2. The number of aromatic nitrogens is 1. The molecule has 5 heteroatoms. The zero-order chi connectivity index (χ0) is 19.5. The van der Waals surface area contributed by atoms with Gasteiger partial charge in [-0.05, 0) is 31.2 Å². The van der Waals surface area contributed by atoms with Crippen molar-refractivity contribution < 1.29 is 9.90 Å². The Morgan fingerprint density at radius 1 is 0.964 bits per heavy atom. The van der Waals surface area contributed by atoms with Gasteiger partial charge in [-0.25, -0.2) is 5.43 Å². The zero-order valence-electron chi connectivity index (χ0n) is 15.6. The van der Waals surface area contributed by atoms with Crippen LogP contribution in [0.1, 0.15) is 18.9 Å². The lowest BCUT2D eigenvalue weighted by molar-refractivity contribution is -0.121. The third-order valence-corrected chi connectivity index (χ3v) is 4.85. The van der Waals surface area contributed by atoms with Crippen molar-refractivity contribution in [1.29, 1.82) is 0 Å². The van der Waals surface area contributed by atoms with E-state index in [1.54, 1.807) is 25.1 Å². The lowest BCUT2D eigenvalue weighted by Gasteiger charge is -2.07. The van der Waals surface area contributed by atoms with Crippen LogP contribution in [0.25, 0.3) is 21.8 Å². The summed E-state index contributed by atoms with van der Waals surface area (Å²) >= 11 is 0. The monoisotopic (exact) mass is 371 g/mol. The third-order valence-electron chi connectivity index (χ3n) is 4.85. The van der Waals surface area contributed by atoms with Crippen LogP contribution in [0.5, 0.6) is 5.75 Å². The van der Waals surface area contributed by atoms with E-state index in [0.717, 1.165) is 16.6 Å². The van der Waals surface area contributed by atoms with Crippen molar-refractivity contribution >= 4 is 33.4 Å². The van der Waals surface area contributed by atoms with E-state index in [4.69, 9.17) is 0 Å². The molecule has 0 aliphatic heterocycles. The summed E-state index contributed by atoms with van der Waals surface area (Å²) < 4.78 is 2.18. The standard InChI is InChI=1S/C23H21N3O2/c1-16(17-7-6-8-18(27)15-17)24-25-23(28)13-14-26-21-11-4-2-9-19(21)20-10-3-5-12-22(20)26/h2-12,15,27H,13-14H2,1H3,(H,25,28). The van der Waals surface area contributed by atoms with Crippen molar-refractivity contribution in [3.63, 3.8) is 0 Å². The molecule has 5 nitrogen and oxygen atoms in total. The molecule has 140 valence electrons. The van der Waals surface area contributed by atoms with Crippen molar-refractivity contribution in [2.45, 2.75) is 19.9 Å². The molecule has 28 heavy (non-hydrogen) atoms. The van der Waals surface area contributed by atoms with E-state index >= 15 is 0 Å². The molecule has 4 aromatic rings. The Morgan fingerprint density at radius 2 is 1.61 bits per heavy atom. The summed E-state index contributed by atoms with van der Waals surface area (Å²) in [5.41, 5.74) is 6.26. The number of hydrazone groups is 1. The molecule has 0 atom stereocenters. The minimum Gasteiger partial charge on any atom is -0.508 e. The van der Waals surface area contributed by atoms with Gasteiger partial charge in [0, 0.05) is 40.3 Å². The number of fused-ring (bicyclic) bond motifs is 3. The van der Waals surface area contributed by atoms with Gasteiger partial charge >= 0.3 is 0 Å².